The molecule has 0 fully saturated rings. The first-order valence-corrected chi connectivity index (χ1v) is 6.91. The fraction of sp³-hybridized carbons (Fsp3) is 0.200. The minimum absolute atomic E-state index is 0.210. The number of hydrogen-bond donors (Lipinski definition) is 0. The van der Waals surface area contributed by atoms with Gasteiger partial charge in [-0.3, -0.25) is 9.78 Å². The summed E-state index contributed by atoms with van der Waals surface area (Å²) in [4.78, 5) is 15.9. The fourth-order valence-electron chi connectivity index (χ4n) is 2.24. The molecule has 0 unspecified atom stereocenters. The molecule has 3 rings (SSSR count). The van der Waals surface area contributed by atoms with E-state index in [4.69, 9.17) is 4.74 Å². The predicted octanol–water partition coefficient (Wildman–Crippen LogP) is 3.55. The second-order valence-corrected chi connectivity index (χ2v) is 5.38. The summed E-state index contributed by atoms with van der Waals surface area (Å²) in [6, 6.07) is 9.50. The normalized spacial score (nSPS) is 13.4. The molecule has 4 heteroatoms. The highest BCUT2D eigenvalue weighted by Crippen LogP contribution is 2.30. The molecule has 1 aliphatic rings. The Kier molecular flexibility index (Phi) is 3.34. The van der Waals surface area contributed by atoms with Crippen LogP contribution < -0.4 is 4.74 Å². The van der Waals surface area contributed by atoms with E-state index in [1.807, 2.05) is 30.3 Å². The van der Waals surface area contributed by atoms with Gasteiger partial charge in [-0.2, -0.15) is 0 Å². The lowest BCUT2D eigenvalue weighted by Crippen LogP contribution is -2.00. The number of carbonyl (C=O) groups excluding carboxylic acids is 1. The van der Waals surface area contributed by atoms with Crippen LogP contribution in [0.4, 0.5) is 0 Å². The Bertz CT molecular complexity index is 623. The van der Waals surface area contributed by atoms with E-state index in [1.54, 1.807) is 6.20 Å². The molecule has 1 aliphatic carbocycles. The fourth-order valence-corrected chi connectivity index (χ4v) is 2.47. The summed E-state index contributed by atoms with van der Waals surface area (Å²) in [5.41, 5.74) is 2.70. The molecule has 0 amide bonds. The molecule has 0 saturated heterocycles. The molecule has 96 valence electrons. The van der Waals surface area contributed by atoms with Gasteiger partial charge in [-0.1, -0.05) is 12.1 Å². The van der Waals surface area contributed by atoms with Crippen LogP contribution in [0.25, 0.3) is 0 Å². The maximum atomic E-state index is 11.7. The van der Waals surface area contributed by atoms with Crippen molar-refractivity contribution in [1.82, 2.24) is 4.98 Å². The average molecular weight is 318 g/mol. The summed E-state index contributed by atoms with van der Waals surface area (Å²) in [6.07, 6.45) is 3.11. The van der Waals surface area contributed by atoms with E-state index >= 15 is 0 Å². The van der Waals surface area contributed by atoms with Gasteiger partial charge < -0.3 is 4.74 Å². The van der Waals surface area contributed by atoms with E-state index < -0.39 is 0 Å². The Morgan fingerprint density at radius 1 is 1.21 bits per heavy atom. The number of hydrogen-bond acceptors (Lipinski definition) is 3. The maximum absolute atomic E-state index is 11.7. The van der Waals surface area contributed by atoms with Crippen LogP contribution >= 0.6 is 15.9 Å². The molecular formula is C15H12BrNO2. The van der Waals surface area contributed by atoms with Crippen molar-refractivity contribution < 1.29 is 9.53 Å². The number of halogens is 1. The van der Waals surface area contributed by atoms with Gasteiger partial charge >= 0.3 is 0 Å². The van der Waals surface area contributed by atoms with Crippen molar-refractivity contribution in [2.75, 3.05) is 0 Å². The average Bonchev–Trinajstić information content (AvgIpc) is 2.81. The summed E-state index contributed by atoms with van der Waals surface area (Å²) < 4.78 is 6.74. The third-order valence-electron chi connectivity index (χ3n) is 3.20. The van der Waals surface area contributed by atoms with E-state index in [1.165, 1.54) is 0 Å². The number of fused-ring (bicyclic) bond motifs is 1. The van der Waals surface area contributed by atoms with E-state index in [2.05, 4.69) is 20.9 Å². The number of Topliss-reactive ketones (excluding diaryl/α,β-unsaturated/α-hetero) is 1. The largest absolute Gasteiger partial charge is 0.487 e. The summed E-state index contributed by atoms with van der Waals surface area (Å²) in [5.74, 6) is 1.01. The highest BCUT2D eigenvalue weighted by atomic mass is 79.9. The quantitative estimate of drug-likeness (QED) is 0.869. The SMILES string of the molecule is O=C1CCc2c(OCc3ccc(Br)cn3)cccc21. The van der Waals surface area contributed by atoms with Crippen molar-refractivity contribution in [3.8, 4) is 5.75 Å². The van der Waals surface area contributed by atoms with Gasteiger partial charge in [0.15, 0.2) is 5.78 Å². The molecule has 3 nitrogen and oxygen atoms in total. The van der Waals surface area contributed by atoms with Gasteiger partial charge in [0.1, 0.15) is 12.4 Å². The van der Waals surface area contributed by atoms with Crippen LogP contribution in [-0.2, 0) is 13.0 Å². The number of pyridine rings is 1. The van der Waals surface area contributed by atoms with Crippen LogP contribution in [0, 0.1) is 0 Å². The Hall–Kier alpha value is -1.68. The number of carbonyl (C=O) groups is 1. The van der Waals surface area contributed by atoms with Gasteiger partial charge in [0, 0.05) is 28.2 Å². The molecule has 0 aliphatic heterocycles. The zero-order valence-electron chi connectivity index (χ0n) is 10.2. The van der Waals surface area contributed by atoms with Crippen LogP contribution in [0.3, 0.4) is 0 Å². The molecule has 0 spiro atoms. The second-order valence-electron chi connectivity index (χ2n) is 4.46. The predicted molar refractivity (Wildman–Crippen MR) is 75.4 cm³/mol. The maximum Gasteiger partial charge on any atom is 0.163 e. The summed E-state index contributed by atoms with van der Waals surface area (Å²) in [7, 11) is 0. The molecule has 2 aromatic rings. The molecule has 0 N–H and O–H groups in total. The van der Waals surface area contributed by atoms with Crippen LogP contribution in [0.5, 0.6) is 5.75 Å². The third kappa shape index (κ3) is 2.54. The minimum Gasteiger partial charge on any atom is -0.487 e. The van der Waals surface area contributed by atoms with Gasteiger partial charge in [-0.05, 0) is 40.5 Å². The van der Waals surface area contributed by atoms with Gasteiger partial charge in [-0.15, -0.1) is 0 Å². The van der Waals surface area contributed by atoms with E-state index in [-0.39, 0.29) is 5.78 Å². The molecule has 1 heterocycles. The van der Waals surface area contributed by atoms with Gasteiger partial charge in [-0.25, -0.2) is 0 Å². The van der Waals surface area contributed by atoms with E-state index in [9.17, 15) is 4.79 Å². The lowest BCUT2D eigenvalue weighted by atomic mass is 10.1. The second kappa shape index (κ2) is 5.13. The number of ketones is 1. The first-order valence-electron chi connectivity index (χ1n) is 6.12. The van der Waals surface area contributed by atoms with Crippen LogP contribution in [-0.4, -0.2) is 10.8 Å². The smallest absolute Gasteiger partial charge is 0.163 e. The summed E-state index contributed by atoms with van der Waals surface area (Å²) in [6.45, 7) is 0.415. The van der Waals surface area contributed by atoms with Crippen molar-refractivity contribution in [1.29, 1.82) is 0 Å². The van der Waals surface area contributed by atoms with E-state index in [0.717, 1.165) is 33.5 Å². The van der Waals surface area contributed by atoms with Gasteiger partial charge in [0.25, 0.3) is 0 Å². The van der Waals surface area contributed by atoms with Crippen molar-refractivity contribution in [3.05, 3.63) is 57.8 Å². The number of ether oxygens (including phenoxy) is 1. The monoisotopic (exact) mass is 317 g/mol. The molecule has 0 atom stereocenters. The number of benzene rings is 1. The highest BCUT2D eigenvalue weighted by Gasteiger charge is 2.22. The molecular weight excluding hydrogens is 306 g/mol. The van der Waals surface area contributed by atoms with Crippen LogP contribution in [0.2, 0.25) is 0 Å². The van der Waals surface area contributed by atoms with Gasteiger partial charge in [0.05, 0.1) is 5.69 Å². The lowest BCUT2D eigenvalue weighted by Gasteiger charge is -2.09. The highest BCUT2D eigenvalue weighted by molar-refractivity contribution is 9.10. The Morgan fingerprint density at radius 2 is 2.11 bits per heavy atom. The number of rotatable bonds is 3. The topological polar surface area (TPSA) is 39.2 Å². The lowest BCUT2D eigenvalue weighted by molar-refractivity contribution is 0.0994. The standard InChI is InChI=1S/C15H12BrNO2/c16-10-4-5-11(17-8-10)9-19-15-3-1-2-12-13(15)6-7-14(12)18/h1-5,8H,6-7,9H2. The Morgan fingerprint density at radius 3 is 2.89 bits per heavy atom. The molecule has 19 heavy (non-hydrogen) atoms. The first kappa shape index (κ1) is 12.4. The van der Waals surface area contributed by atoms with E-state index in [0.29, 0.717) is 13.0 Å². The zero-order chi connectivity index (χ0) is 13.2. The van der Waals surface area contributed by atoms with Crippen molar-refractivity contribution in [2.24, 2.45) is 0 Å². The third-order valence-corrected chi connectivity index (χ3v) is 3.67. The van der Waals surface area contributed by atoms with Crippen molar-refractivity contribution in [3.63, 3.8) is 0 Å². The summed E-state index contributed by atoms with van der Waals surface area (Å²) >= 11 is 3.35. The molecule has 0 radical (unpaired) electrons. The van der Waals surface area contributed by atoms with Gasteiger partial charge in [0.2, 0.25) is 0 Å². The van der Waals surface area contributed by atoms with Crippen LogP contribution in [0.15, 0.2) is 41.0 Å². The Labute approximate surface area is 119 Å². The number of nitrogens with zero attached hydrogens (tertiary/aromatic N) is 1. The molecule has 1 aromatic carbocycles. The Balaban J connectivity index is 1.78. The minimum atomic E-state index is 0.210. The zero-order valence-corrected chi connectivity index (χ0v) is 11.8. The number of aromatic nitrogens is 1. The molecule has 0 saturated carbocycles. The van der Waals surface area contributed by atoms with Crippen LogP contribution in [0.1, 0.15) is 28.0 Å². The van der Waals surface area contributed by atoms with Crippen molar-refractivity contribution in [2.45, 2.75) is 19.4 Å². The summed E-state index contributed by atoms with van der Waals surface area (Å²) in [5, 5.41) is 0. The molecule has 0 bridgehead atoms. The first-order chi connectivity index (χ1) is 9.24. The van der Waals surface area contributed by atoms with Crippen molar-refractivity contribution >= 4 is 21.7 Å². The molecule has 1 aromatic heterocycles.